The van der Waals surface area contributed by atoms with E-state index in [0.29, 0.717) is 17.8 Å². The first-order valence-corrected chi connectivity index (χ1v) is 11.8. The number of nitriles is 1. The monoisotopic (exact) mass is 468 g/mol. The molecular formula is C27H28N6O2. The van der Waals surface area contributed by atoms with Gasteiger partial charge in [0.25, 0.3) is 5.56 Å². The quantitative estimate of drug-likeness (QED) is 0.445. The molecule has 3 aromatic heterocycles. The Balaban J connectivity index is 1.43. The van der Waals surface area contributed by atoms with Gasteiger partial charge in [0.15, 0.2) is 5.76 Å². The number of rotatable bonds is 4. The summed E-state index contributed by atoms with van der Waals surface area (Å²) in [5, 5.41) is 13.7. The largest absolute Gasteiger partial charge is 0.364 e. The number of piperazine rings is 1. The SMILES string of the molecule is CC(c1cc(-c2ccccc2)no1)N1C[C@H](C)N(c2cc(=O)n(C)c3ccc(C#N)nc23)C[C@H]1C. The van der Waals surface area contributed by atoms with Gasteiger partial charge in [0.2, 0.25) is 0 Å². The summed E-state index contributed by atoms with van der Waals surface area (Å²) in [5.41, 5.74) is 4.28. The molecule has 1 aliphatic rings. The van der Waals surface area contributed by atoms with Gasteiger partial charge >= 0.3 is 0 Å². The third-order valence-corrected chi connectivity index (χ3v) is 7.03. The number of pyridine rings is 2. The number of nitrogens with zero attached hydrogens (tertiary/aromatic N) is 6. The lowest BCUT2D eigenvalue weighted by Crippen LogP contribution is -2.57. The number of anilines is 1. The molecule has 1 saturated heterocycles. The molecule has 8 heteroatoms. The summed E-state index contributed by atoms with van der Waals surface area (Å²) in [6.45, 7) is 7.97. The Hall–Kier alpha value is -3.96. The van der Waals surface area contributed by atoms with E-state index in [1.807, 2.05) is 36.4 Å². The third-order valence-electron chi connectivity index (χ3n) is 7.03. The van der Waals surface area contributed by atoms with Gasteiger partial charge in [-0.15, -0.1) is 0 Å². The van der Waals surface area contributed by atoms with Crippen LogP contribution in [-0.4, -0.2) is 44.8 Å². The van der Waals surface area contributed by atoms with E-state index in [0.717, 1.165) is 34.8 Å². The fraction of sp³-hybridized carbons (Fsp3) is 0.333. The van der Waals surface area contributed by atoms with Crippen LogP contribution >= 0.6 is 0 Å². The Morgan fingerprint density at radius 2 is 1.86 bits per heavy atom. The van der Waals surface area contributed by atoms with Gasteiger partial charge in [-0.05, 0) is 32.9 Å². The Morgan fingerprint density at radius 1 is 1.09 bits per heavy atom. The fourth-order valence-electron chi connectivity index (χ4n) is 5.02. The van der Waals surface area contributed by atoms with Crippen molar-refractivity contribution >= 4 is 16.7 Å². The summed E-state index contributed by atoms with van der Waals surface area (Å²) in [6, 6.07) is 19.6. The molecule has 0 saturated carbocycles. The van der Waals surface area contributed by atoms with Crippen LogP contribution in [0.15, 0.2) is 63.9 Å². The Bertz CT molecular complexity index is 1470. The fourth-order valence-corrected chi connectivity index (χ4v) is 5.02. The molecular weight excluding hydrogens is 440 g/mol. The lowest BCUT2D eigenvalue weighted by molar-refractivity contribution is 0.102. The van der Waals surface area contributed by atoms with Gasteiger partial charge < -0.3 is 14.0 Å². The van der Waals surface area contributed by atoms with E-state index < -0.39 is 0 Å². The van der Waals surface area contributed by atoms with E-state index in [1.165, 1.54) is 0 Å². The minimum atomic E-state index is -0.0928. The maximum absolute atomic E-state index is 12.7. The molecule has 4 aromatic rings. The molecule has 0 N–H and O–H groups in total. The predicted molar refractivity (Wildman–Crippen MR) is 135 cm³/mol. The van der Waals surface area contributed by atoms with Gasteiger partial charge in [-0.3, -0.25) is 9.69 Å². The van der Waals surface area contributed by atoms with Crippen LogP contribution in [0.4, 0.5) is 5.69 Å². The predicted octanol–water partition coefficient (Wildman–Crippen LogP) is 4.12. The number of hydrogen-bond acceptors (Lipinski definition) is 7. The van der Waals surface area contributed by atoms with Crippen molar-refractivity contribution in [3.05, 3.63) is 76.4 Å². The van der Waals surface area contributed by atoms with Gasteiger partial charge in [-0.2, -0.15) is 5.26 Å². The highest BCUT2D eigenvalue weighted by Gasteiger charge is 2.35. The molecule has 5 rings (SSSR count). The second kappa shape index (κ2) is 9.01. The lowest BCUT2D eigenvalue weighted by atomic mass is 10.0. The first kappa shape index (κ1) is 22.8. The zero-order valence-electron chi connectivity index (χ0n) is 20.3. The molecule has 0 radical (unpaired) electrons. The molecule has 1 fully saturated rings. The van der Waals surface area contributed by atoms with Crippen molar-refractivity contribution in [1.29, 1.82) is 5.26 Å². The molecule has 1 aliphatic heterocycles. The van der Waals surface area contributed by atoms with Gasteiger partial charge in [0, 0.05) is 49.9 Å². The number of benzene rings is 1. The lowest BCUT2D eigenvalue weighted by Gasteiger charge is -2.47. The summed E-state index contributed by atoms with van der Waals surface area (Å²) in [6.07, 6.45) is 0. The molecule has 0 aliphatic carbocycles. The highest BCUT2D eigenvalue weighted by Crippen LogP contribution is 2.33. The molecule has 1 aromatic carbocycles. The van der Waals surface area contributed by atoms with Gasteiger partial charge in [0.05, 0.1) is 17.2 Å². The van der Waals surface area contributed by atoms with Crippen LogP contribution in [0.25, 0.3) is 22.3 Å². The Kier molecular flexibility index (Phi) is 5.87. The molecule has 0 spiro atoms. The van der Waals surface area contributed by atoms with Crippen LogP contribution in [0.3, 0.4) is 0 Å². The van der Waals surface area contributed by atoms with Crippen molar-refractivity contribution in [1.82, 2.24) is 19.6 Å². The Labute approximate surface area is 204 Å². The van der Waals surface area contributed by atoms with E-state index in [1.54, 1.807) is 29.8 Å². The van der Waals surface area contributed by atoms with Crippen LogP contribution in [0.2, 0.25) is 0 Å². The molecule has 3 atom stereocenters. The number of fused-ring (bicyclic) bond motifs is 1. The van der Waals surface area contributed by atoms with Crippen LogP contribution in [0.5, 0.6) is 0 Å². The number of aryl methyl sites for hydroxylation is 1. The van der Waals surface area contributed by atoms with Crippen molar-refractivity contribution in [2.45, 2.75) is 38.9 Å². The average Bonchev–Trinajstić information content (AvgIpc) is 3.38. The molecule has 8 nitrogen and oxygen atoms in total. The maximum atomic E-state index is 12.7. The number of hydrogen-bond donors (Lipinski definition) is 0. The van der Waals surface area contributed by atoms with E-state index in [2.05, 4.69) is 46.8 Å². The zero-order valence-corrected chi connectivity index (χ0v) is 20.3. The average molecular weight is 469 g/mol. The van der Waals surface area contributed by atoms with Crippen LogP contribution < -0.4 is 10.5 Å². The van der Waals surface area contributed by atoms with Gasteiger partial charge in [-0.25, -0.2) is 4.98 Å². The molecule has 0 bridgehead atoms. The minimum Gasteiger partial charge on any atom is -0.364 e. The van der Waals surface area contributed by atoms with E-state index in [9.17, 15) is 10.1 Å². The first-order valence-electron chi connectivity index (χ1n) is 11.8. The topological polar surface area (TPSA) is 91.2 Å². The van der Waals surface area contributed by atoms with E-state index in [4.69, 9.17) is 4.52 Å². The molecule has 1 unspecified atom stereocenters. The van der Waals surface area contributed by atoms with Crippen molar-refractivity contribution in [3.8, 4) is 17.3 Å². The molecule has 4 heterocycles. The smallest absolute Gasteiger partial charge is 0.252 e. The van der Waals surface area contributed by atoms with Crippen LogP contribution in [-0.2, 0) is 7.05 Å². The molecule has 35 heavy (non-hydrogen) atoms. The summed E-state index contributed by atoms with van der Waals surface area (Å²) < 4.78 is 7.33. The highest BCUT2D eigenvalue weighted by atomic mass is 16.5. The summed E-state index contributed by atoms with van der Waals surface area (Å²) in [7, 11) is 1.73. The summed E-state index contributed by atoms with van der Waals surface area (Å²) >= 11 is 0. The number of aromatic nitrogens is 3. The second-order valence-corrected chi connectivity index (χ2v) is 9.31. The van der Waals surface area contributed by atoms with Crippen molar-refractivity contribution < 1.29 is 4.52 Å². The van der Waals surface area contributed by atoms with Crippen molar-refractivity contribution in [2.24, 2.45) is 7.05 Å². The highest BCUT2D eigenvalue weighted by molar-refractivity contribution is 5.89. The van der Waals surface area contributed by atoms with E-state index in [-0.39, 0.29) is 23.7 Å². The third kappa shape index (κ3) is 4.08. The van der Waals surface area contributed by atoms with Crippen LogP contribution in [0.1, 0.15) is 38.3 Å². The van der Waals surface area contributed by atoms with Gasteiger partial charge in [-0.1, -0.05) is 35.5 Å². The van der Waals surface area contributed by atoms with E-state index >= 15 is 0 Å². The normalized spacial score (nSPS) is 19.6. The molecule has 178 valence electrons. The summed E-state index contributed by atoms with van der Waals surface area (Å²) in [4.78, 5) is 21.9. The standard InChI is InChI=1S/C27H28N6O2/c1-17-16-33(24-13-26(34)31(4)23-11-10-21(14-28)29-27(23)24)18(2)15-32(17)19(3)25-12-22(30-35-25)20-8-6-5-7-9-20/h5-13,17-19H,15-16H2,1-4H3/t17-,18+,19?/m1/s1. The zero-order chi connectivity index (χ0) is 24.7. The maximum Gasteiger partial charge on any atom is 0.252 e. The van der Waals surface area contributed by atoms with Crippen molar-refractivity contribution in [2.75, 3.05) is 18.0 Å². The Morgan fingerprint density at radius 3 is 2.60 bits per heavy atom. The first-order chi connectivity index (χ1) is 16.9. The van der Waals surface area contributed by atoms with Gasteiger partial charge in [0.1, 0.15) is 23.0 Å². The van der Waals surface area contributed by atoms with Crippen LogP contribution in [0, 0.1) is 11.3 Å². The second-order valence-electron chi connectivity index (χ2n) is 9.31. The van der Waals surface area contributed by atoms with Crippen molar-refractivity contribution in [3.63, 3.8) is 0 Å². The summed E-state index contributed by atoms with van der Waals surface area (Å²) in [5.74, 6) is 0.829. The molecule has 0 amide bonds. The minimum absolute atomic E-state index is 0.0447.